The Hall–Kier alpha value is -1.32. The van der Waals surface area contributed by atoms with Crippen LogP contribution in [0.25, 0.3) is 0 Å². The molecule has 0 saturated heterocycles. The Morgan fingerprint density at radius 2 is 1.74 bits per heavy atom. The number of aryl methyl sites for hydroxylation is 1. The molecule has 1 amide bonds. The summed E-state index contributed by atoms with van der Waals surface area (Å²) in [7, 11) is 0. The van der Waals surface area contributed by atoms with E-state index in [2.05, 4.69) is 24.0 Å². The van der Waals surface area contributed by atoms with Crippen molar-refractivity contribution in [3.8, 4) is 0 Å². The summed E-state index contributed by atoms with van der Waals surface area (Å²) < 4.78 is 0. The molecule has 0 aliphatic heterocycles. The van der Waals surface area contributed by atoms with E-state index in [0.29, 0.717) is 5.56 Å². The lowest BCUT2D eigenvalue weighted by molar-refractivity contribution is 0.0749. The minimum absolute atomic E-state index is 0.124. The molecule has 0 aromatic carbocycles. The van der Waals surface area contributed by atoms with E-state index < -0.39 is 0 Å². The highest BCUT2D eigenvalue weighted by Crippen LogP contribution is 2.11. The Kier molecular flexibility index (Phi) is 7.23. The van der Waals surface area contributed by atoms with Gasteiger partial charge in [-0.05, 0) is 19.8 Å². The quantitative estimate of drug-likeness (QED) is 0.694. The van der Waals surface area contributed by atoms with Crippen molar-refractivity contribution in [1.29, 1.82) is 0 Å². The first-order valence-electron chi connectivity index (χ1n) is 7.49. The lowest BCUT2D eigenvalue weighted by atomic mass is 10.1. The number of rotatable bonds is 9. The van der Waals surface area contributed by atoms with E-state index in [1.807, 2.05) is 11.8 Å². The first kappa shape index (κ1) is 15.7. The number of carbonyl (C=O) groups excluding carboxylic acids is 1. The molecule has 4 heteroatoms. The normalized spacial score (nSPS) is 10.7. The first-order chi connectivity index (χ1) is 9.20. The molecule has 0 bridgehead atoms. The fourth-order valence-electron chi connectivity index (χ4n) is 2.16. The van der Waals surface area contributed by atoms with E-state index >= 15 is 0 Å². The number of unbranched alkanes of at least 4 members (excludes halogenated alkanes) is 4. The van der Waals surface area contributed by atoms with Crippen molar-refractivity contribution in [3.63, 3.8) is 0 Å². The monoisotopic (exact) mass is 265 g/mol. The molecule has 0 unspecified atom stereocenters. The van der Waals surface area contributed by atoms with Crippen molar-refractivity contribution < 1.29 is 4.79 Å². The Morgan fingerprint density at radius 3 is 2.16 bits per heavy atom. The molecule has 0 fully saturated rings. The maximum absolute atomic E-state index is 12.5. The van der Waals surface area contributed by atoms with Gasteiger partial charge in [0.2, 0.25) is 0 Å². The van der Waals surface area contributed by atoms with Gasteiger partial charge in [-0.1, -0.05) is 39.5 Å². The van der Waals surface area contributed by atoms with Crippen molar-refractivity contribution in [1.82, 2.24) is 15.1 Å². The van der Waals surface area contributed by atoms with E-state index in [1.54, 1.807) is 6.20 Å². The Balaban J connectivity index is 2.60. The number of amides is 1. The zero-order chi connectivity index (χ0) is 14.1. The summed E-state index contributed by atoms with van der Waals surface area (Å²) in [6, 6.07) is 0. The highest BCUT2D eigenvalue weighted by Gasteiger charge is 2.18. The minimum atomic E-state index is 0.124. The number of nitrogens with zero attached hydrogens (tertiary/aromatic N) is 2. The van der Waals surface area contributed by atoms with Crippen molar-refractivity contribution in [3.05, 3.63) is 17.5 Å². The zero-order valence-corrected chi connectivity index (χ0v) is 12.5. The summed E-state index contributed by atoms with van der Waals surface area (Å²) in [5, 5.41) is 6.79. The number of hydrogen-bond acceptors (Lipinski definition) is 2. The standard InChI is InChI=1S/C15H27N3O/c1-4-6-8-10-18(11-9-7-5-2)15(19)14-12-16-17-13(14)3/h12H,4-11H2,1-3H3,(H,16,17). The minimum Gasteiger partial charge on any atom is -0.339 e. The summed E-state index contributed by atoms with van der Waals surface area (Å²) in [5.74, 6) is 0.124. The molecule has 4 nitrogen and oxygen atoms in total. The van der Waals surface area contributed by atoms with Gasteiger partial charge in [-0.3, -0.25) is 9.89 Å². The van der Waals surface area contributed by atoms with Crippen LogP contribution in [0.15, 0.2) is 6.20 Å². The van der Waals surface area contributed by atoms with Gasteiger partial charge < -0.3 is 4.90 Å². The third-order valence-electron chi connectivity index (χ3n) is 3.41. The topological polar surface area (TPSA) is 49.0 Å². The predicted octanol–water partition coefficient (Wildman–Crippen LogP) is 3.54. The van der Waals surface area contributed by atoms with Crippen LogP contribution in [0, 0.1) is 6.92 Å². The van der Waals surface area contributed by atoms with Crippen molar-refractivity contribution in [2.75, 3.05) is 13.1 Å². The molecule has 0 aliphatic rings. The van der Waals surface area contributed by atoms with Gasteiger partial charge in [0.05, 0.1) is 11.8 Å². The van der Waals surface area contributed by atoms with Crippen LogP contribution < -0.4 is 0 Å². The van der Waals surface area contributed by atoms with Gasteiger partial charge in [0, 0.05) is 18.8 Å². The van der Waals surface area contributed by atoms with Crippen LogP contribution >= 0.6 is 0 Å². The molecule has 1 N–H and O–H groups in total. The van der Waals surface area contributed by atoms with Gasteiger partial charge in [0.25, 0.3) is 5.91 Å². The van der Waals surface area contributed by atoms with E-state index in [9.17, 15) is 4.79 Å². The largest absolute Gasteiger partial charge is 0.339 e. The molecule has 0 atom stereocenters. The van der Waals surface area contributed by atoms with Crippen LogP contribution in [0.5, 0.6) is 0 Å². The molecule has 0 spiro atoms. The van der Waals surface area contributed by atoms with Crippen LogP contribution in [-0.2, 0) is 0 Å². The van der Waals surface area contributed by atoms with Gasteiger partial charge >= 0.3 is 0 Å². The highest BCUT2D eigenvalue weighted by molar-refractivity contribution is 5.95. The summed E-state index contributed by atoms with van der Waals surface area (Å²) >= 11 is 0. The van der Waals surface area contributed by atoms with Crippen molar-refractivity contribution in [2.45, 2.75) is 59.3 Å². The summed E-state index contributed by atoms with van der Waals surface area (Å²) in [4.78, 5) is 14.5. The van der Waals surface area contributed by atoms with E-state index in [4.69, 9.17) is 0 Å². The lowest BCUT2D eigenvalue weighted by Crippen LogP contribution is -2.33. The molecule has 0 saturated carbocycles. The van der Waals surface area contributed by atoms with Crippen LogP contribution in [0.2, 0.25) is 0 Å². The Bertz CT molecular complexity index is 363. The molecule has 1 rings (SSSR count). The summed E-state index contributed by atoms with van der Waals surface area (Å²) in [5.41, 5.74) is 1.58. The van der Waals surface area contributed by atoms with Gasteiger partial charge in [-0.2, -0.15) is 5.10 Å². The van der Waals surface area contributed by atoms with Crippen molar-refractivity contribution in [2.24, 2.45) is 0 Å². The smallest absolute Gasteiger partial charge is 0.257 e. The van der Waals surface area contributed by atoms with Crippen LogP contribution in [0.1, 0.15) is 68.4 Å². The third kappa shape index (κ3) is 5.05. The number of H-pyrrole nitrogens is 1. The molecular formula is C15H27N3O. The molecule has 0 aliphatic carbocycles. The highest BCUT2D eigenvalue weighted by atomic mass is 16.2. The molecule has 108 valence electrons. The SMILES string of the molecule is CCCCCN(CCCCC)C(=O)c1cn[nH]c1C. The van der Waals surface area contributed by atoms with E-state index in [1.165, 1.54) is 25.7 Å². The third-order valence-corrected chi connectivity index (χ3v) is 3.41. The van der Waals surface area contributed by atoms with Gasteiger partial charge in [0.1, 0.15) is 0 Å². The number of aromatic nitrogens is 2. The second kappa shape index (κ2) is 8.73. The number of hydrogen-bond donors (Lipinski definition) is 1. The van der Waals surface area contributed by atoms with Crippen LogP contribution in [0.4, 0.5) is 0 Å². The first-order valence-corrected chi connectivity index (χ1v) is 7.49. The Morgan fingerprint density at radius 1 is 1.16 bits per heavy atom. The second-order valence-electron chi connectivity index (χ2n) is 5.12. The molecule has 1 heterocycles. The van der Waals surface area contributed by atoms with Crippen molar-refractivity contribution >= 4 is 5.91 Å². The number of aromatic amines is 1. The van der Waals surface area contributed by atoms with Crippen LogP contribution in [0.3, 0.4) is 0 Å². The summed E-state index contributed by atoms with van der Waals surface area (Å²) in [6.07, 6.45) is 8.55. The van der Waals surface area contributed by atoms with Gasteiger partial charge in [-0.15, -0.1) is 0 Å². The molecule has 19 heavy (non-hydrogen) atoms. The van der Waals surface area contributed by atoms with Crippen LogP contribution in [-0.4, -0.2) is 34.1 Å². The number of nitrogens with one attached hydrogen (secondary N) is 1. The van der Waals surface area contributed by atoms with E-state index in [0.717, 1.165) is 31.6 Å². The lowest BCUT2D eigenvalue weighted by Gasteiger charge is -2.22. The van der Waals surface area contributed by atoms with Gasteiger partial charge in [0.15, 0.2) is 0 Å². The average molecular weight is 265 g/mol. The maximum Gasteiger partial charge on any atom is 0.257 e. The predicted molar refractivity (Wildman–Crippen MR) is 78.3 cm³/mol. The number of carbonyl (C=O) groups is 1. The fourth-order valence-corrected chi connectivity index (χ4v) is 2.16. The molecule has 1 aromatic rings. The fraction of sp³-hybridized carbons (Fsp3) is 0.733. The molecule has 1 aromatic heterocycles. The molecular weight excluding hydrogens is 238 g/mol. The maximum atomic E-state index is 12.5. The average Bonchev–Trinajstić information content (AvgIpc) is 2.83. The molecule has 0 radical (unpaired) electrons. The summed E-state index contributed by atoms with van der Waals surface area (Å²) in [6.45, 7) is 7.99. The second-order valence-corrected chi connectivity index (χ2v) is 5.12. The zero-order valence-electron chi connectivity index (χ0n) is 12.5. The van der Waals surface area contributed by atoms with E-state index in [-0.39, 0.29) is 5.91 Å². The Labute approximate surface area is 116 Å². The van der Waals surface area contributed by atoms with Gasteiger partial charge in [-0.25, -0.2) is 0 Å².